The van der Waals surface area contributed by atoms with Crippen LogP contribution in [-0.4, -0.2) is 62.5 Å². The van der Waals surface area contributed by atoms with Gasteiger partial charge in [0.15, 0.2) is 0 Å². The van der Waals surface area contributed by atoms with Crippen molar-refractivity contribution in [3.8, 4) is 0 Å². The number of nitrogens with zero attached hydrogens (tertiary/aromatic N) is 4. The molecule has 0 aromatic heterocycles. The molecule has 0 aliphatic carbocycles. The fourth-order valence-corrected chi connectivity index (χ4v) is 1.20. The number of aliphatic imine (C=N–C) groups is 2. The molecule has 0 aliphatic heterocycles. The first-order valence-electron chi connectivity index (χ1n) is 7.28. The molecule has 0 spiro atoms. The zero-order valence-corrected chi connectivity index (χ0v) is 15.3. The maximum absolute atomic E-state index is 10.8. The van der Waals surface area contributed by atoms with Crippen LogP contribution in [0.25, 0.3) is 0 Å². The number of aliphatic carboxylic acids is 2. The molecule has 2 atom stereocenters. The monoisotopic (exact) mass is 360 g/mol. The molecule has 2 unspecified atom stereocenters. The van der Waals surface area contributed by atoms with E-state index in [1.165, 1.54) is 13.8 Å². The molecule has 0 aromatic rings. The van der Waals surface area contributed by atoms with E-state index in [4.69, 9.17) is 21.7 Å². The summed E-state index contributed by atoms with van der Waals surface area (Å²) in [7, 11) is 0. The Morgan fingerprint density at radius 3 is 1.24 bits per heavy atom. The van der Waals surface area contributed by atoms with Crippen molar-refractivity contribution in [3.05, 3.63) is 0 Å². The molecule has 0 saturated heterocycles. The highest BCUT2D eigenvalue weighted by atomic mass is 16.4. The van der Waals surface area contributed by atoms with Gasteiger partial charge >= 0.3 is 11.9 Å². The summed E-state index contributed by atoms with van der Waals surface area (Å²) in [5.74, 6) is -2.20. The minimum atomic E-state index is -1.11. The normalized spacial score (nSPS) is 16.2. The van der Waals surface area contributed by atoms with Gasteiger partial charge in [0.05, 0.1) is 0 Å². The van der Waals surface area contributed by atoms with Crippen molar-refractivity contribution in [2.24, 2.45) is 31.7 Å². The Balaban J connectivity index is 0. The lowest BCUT2D eigenvalue weighted by atomic mass is 10.0. The Bertz CT molecular complexity index is 532. The zero-order chi connectivity index (χ0) is 19.3. The van der Waals surface area contributed by atoms with Crippen molar-refractivity contribution in [1.29, 1.82) is 0 Å². The molecule has 0 radical (unpaired) electrons. The summed E-state index contributed by atoms with van der Waals surface area (Å²) in [6, 6.07) is -2.01. The van der Waals surface area contributed by atoms with Crippen LogP contribution in [-0.2, 0) is 9.59 Å². The molecule has 0 bridgehead atoms. The first-order chi connectivity index (χ1) is 10.7. The van der Waals surface area contributed by atoms with Crippen LogP contribution < -0.4 is 11.5 Å². The van der Waals surface area contributed by atoms with Crippen LogP contribution in [0.1, 0.15) is 41.5 Å². The first-order valence-corrected chi connectivity index (χ1v) is 7.28. The maximum Gasteiger partial charge on any atom is 0.328 e. The van der Waals surface area contributed by atoms with E-state index in [9.17, 15) is 9.59 Å². The average molecular weight is 360 g/mol. The van der Waals surface area contributed by atoms with E-state index in [0.29, 0.717) is 0 Å². The molecule has 144 valence electrons. The van der Waals surface area contributed by atoms with Gasteiger partial charge in [-0.05, 0) is 41.5 Å². The third-order valence-electron chi connectivity index (χ3n) is 3.18. The standard InChI is InChI=1S/C14H26N6O4.H2O/c1-7(9(21)22)17-11(15)13(3,4)19-20-14(5,6)12(16)18-8(2)10(23)24;/h7-8H,1-6H3,(H2,15,17)(H2,16,18)(H,21,22)(H,23,24);1H2. The lowest BCUT2D eigenvalue weighted by molar-refractivity contribution is -0.138. The minimum absolute atomic E-state index is 0. The Morgan fingerprint density at radius 1 is 0.800 bits per heavy atom. The molecule has 11 heteroatoms. The van der Waals surface area contributed by atoms with E-state index in [2.05, 4.69) is 20.2 Å². The molecular formula is C14H28N6O5. The molecule has 0 amide bonds. The van der Waals surface area contributed by atoms with Crippen LogP contribution in [0, 0.1) is 0 Å². The summed E-state index contributed by atoms with van der Waals surface area (Å²) >= 11 is 0. The Hall–Kier alpha value is -2.56. The summed E-state index contributed by atoms with van der Waals surface area (Å²) in [6.07, 6.45) is 0. The van der Waals surface area contributed by atoms with Gasteiger partial charge < -0.3 is 27.2 Å². The lowest BCUT2D eigenvalue weighted by Gasteiger charge is -2.23. The van der Waals surface area contributed by atoms with E-state index >= 15 is 0 Å². The Labute approximate surface area is 146 Å². The van der Waals surface area contributed by atoms with Crippen molar-refractivity contribution in [2.75, 3.05) is 0 Å². The number of hydrogen-bond donors (Lipinski definition) is 4. The highest BCUT2D eigenvalue weighted by Crippen LogP contribution is 2.17. The zero-order valence-electron chi connectivity index (χ0n) is 15.3. The van der Waals surface area contributed by atoms with Crippen LogP contribution in [0.4, 0.5) is 0 Å². The number of rotatable bonds is 8. The topological polar surface area (TPSA) is 208 Å². The fraction of sp³-hybridized carbons (Fsp3) is 0.714. The van der Waals surface area contributed by atoms with Crippen molar-refractivity contribution in [3.63, 3.8) is 0 Å². The van der Waals surface area contributed by atoms with E-state index < -0.39 is 35.1 Å². The molecule has 0 fully saturated rings. The number of carboxylic acids is 2. The van der Waals surface area contributed by atoms with Gasteiger partial charge in [0.2, 0.25) is 0 Å². The molecule has 0 aromatic carbocycles. The fourth-order valence-electron chi connectivity index (χ4n) is 1.20. The van der Waals surface area contributed by atoms with Gasteiger partial charge in [0.25, 0.3) is 0 Å². The molecule has 25 heavy (non-hydrogen) atoms. The number of carbonyl (C=O) groups is 2. The third kappa shape index (κ3) is 7.70. The highest BCUT2D eigenvalue weighted by molar-refractivity contribution is 5.92. The molecule has 8 N–H and O–H groups in total. The molecule has 0 rings (SSSR count). The van der Waals surface area contributed by atoms with Crippen molar-refractivity contribution in [2.45, 2.75) is 64.7 Å². The average Bonchev–Trinajstić information content (AvgIpc) is 2.44. The van der Waals surface area contributed by atoms with Crippen molar-refractivity contribution < 1.29 is 25.3 Å². The summed E-state index contributed by atoms with van der Waals surface area (Å²) in [5, 5.41) is 25.9. The van der Waals surface area contributed by atoms with Gasteiger partial charge in [-0.2, -0.15) is 10.2 Å². The predicted octanol–water partition coefficient (Wildman–Crippen LogP) is -0.168. The van der Waals surface area contributed by atoms with E-state index in [-0.39, 0.29) is 17.1 Å². The molecular weight excluding hydrogens is 332 g/mol. The van der Waals surface area contributed by atoms with E-state index in [1.807, 2.05) is 0 Å². The summed E-state index contributed by atoms with van der Waals surface area (Å²) in [4.78, 5) is 29.4. The van der Waals surface area contributed by atoms with Crippen LogP contribution in [0.5, 0.6) is 0 Å². The van der Waals surface area contributed by atoms with Crippen molar-refractivity contribution >= 4 is 23.6 Å². The highest BCUT2D eigenvalue weighted by Gasteiger charge is 2.28. The molecule has 0 heterocycles. The maximum atomic E-state index is 10.8. The lowest BCUT2D eigenvalue weighted by Crippen LogP contribution is -2.41. The predicted molar refractivity (Wildman–Crippen MR) is 94.1 cm³/mol. The number of azo groups is 1. The van der Waals surface area contributed by atoms with Crippen LogP contribution in [0.3, 0.4) is 0 Å². The summed E-state index contributed by atoms with van der Waals surface area (Å²) in [6.45, 7) is 9.26. The molecule has 0 aliphatic rings. The quantitative estimate of drug-likeness (QED) is 0.262. The minimum Gasteiger partial charge on any atom is -0.480 e. The largest absolute Gasteiger partial charge is 0.480 e. The first kappa shape index (κ1) is 24.7. The van der Waals surface area contributed by atoms with Gasteiger partial charge in [-0.3, -0.25) is 9.98 Å². The van der Waals surface area contributed by atoms with E-state index in [1.54, 1.807) is 27.7 Å². The number of carboxylic acid groups (broad SMARTS) is 2. The SMILES string of the molecule is CC(N=C(N)C(C)(C)N=NC(C)(C)C(N)=NC(C)C(=O)O)C(=O)O.O. The Morgan fingerprint density at radius 2 is 1.04 bits per heavy atom. The van der Waals surface area contributed by atoms with Crippen molar-refractivity contribution in [1.82, 2.24) is 0 Å². The van der Waals surface area contributed by atoms with Gasteiger partial charge in [0.1, 0.15) is 34.8 Å². The second-order valence-corrected chi connectivity index (χ2v) is 6.38. The molecule has 0 saturated carbocycles. The van der Waals surface area contributed by atoms with Crippen LogP contribution >= 0.6 is 0 Å². The number of hydrogen-bond acceptors (Lipinski definition) is 6. The smallest absolute Gasteiger partial charge is 0.328 e. The third-order valence-corrected chi connectivity index (χ3v) is 3.18. The number of nitrogens with two attached hydrogens (primary N) is 2. The second kappa shape index (κ2) is 9.06. The van der Waals surface area contributed by atoms with Crippen LogP contribution in [0.15, 0.2) is 20.2 Å². The molecule has 11 nitrogen and oxygen atoms in total. The van der Waals surface area contributed by atoms with Crippen LogP contribution in [0.2, 0.25) is 0 Å². The summed E-state index contributed by atoms with van der Waals surface area (Å²) in [5.41, 5.74) is 9.51. The number of amidine groups is 2. The van der Waals surface area contributed by atoms with Gasteiger partial charge in [-0.25, -0.2) is 9.59 Å². The van der Waals surface area contributed by atoms with Gasteiger partial charge in [0, 0.05) is 0 Å². The summed E-state index contributed by atoms with van der Waals surface area (Å²) < 4.78 is 0. The van der Waals surface area contributed by atoms with Gasteiger partial charge in [-0.1, -0.05) is 0 Å². The van der Waals surface area contributed by atoms with Gasteiger partial charge in [-0.15, -0.1) is 0 Å². The Kier molecular flexibility index (Phi) is 8.95. The second-order valence-electron chi connectivity index (χ2n) is 6.38. The van der Waals surface area contributed by atoms with E-state index in [0.717, 1.165) is 0 Å².